The van der Waals surface area contributed by atoms with Crippen LogP contribution in [-0.4, -0.2) is 46.0 Å². The van der Waals surface area contributed by atoms with E-state index in [0.29, 0.717) is 19.4 Å². The van der Waals surface area contributed by atoms with E-state index in [9.17, 15) is 23.9 Å². The van der Waals surface area contributed by atoms with Gasteiger partial charge < -0.3 is 20.4 Å². The van der Waals surface area contributed by atoms with Crippen LogP contribution in [0.2, 0.25) is 0 Å². The van der Waals surface area contributed by atoms with Gasteiger partial charge in [0.2, 0.25) is 11.8 Å². The van der Waals surface area contributed by atoms with Crippen LogP contribution in [0.5, 0.6) is 0 Å². The molecule has 2 amide bonds. The van der Waals surface area contributed by atoms with Crippen LogP contribution in [0.25, 0.3) is 0 Å². The summed E-state index contributed by atoms with van der Waals surface area (Å²) in [5, 5.41) is 8.64. The van der Waals surface area contributed by atoms with Crippen LogP contribution < -0.4 is 16.0 Å². The molecule has 0 bridgehead atoms. The number of nitrogens with one attached hydrogen (secondary N) is 3. The van der Waals surface area contributed by atoms with Crippen molar-refractivity contribution in [2.24, 2.45) is 5.92 Å². The molecule has 0 aromatic heterocycles. The Morgan fingerprint density at radius 2 is 1.67 bits per heavy atom. The average molecular weight is 448 g/mol. The molecule has 176 valence electrons. The van der Waals surface area contributed by atoms with Crippen molar-refractivity contribution < 1.29 is 23.9 Å². The van der Waals surface area contributed by atoms with Gasteiger partial charge in [-0.2, -0.15) is 0 Å². The molecular weight excluding hydrogens is 405 g/mol. The first kappa shape index (κ1) is 27.1. The summed E-state index contributed by atoms with van der Waals surface area (Å²) in [5.74, 6) is -1.48. The zero-order valence-electron chi connectivity index (χ0n) is 18.9. The van der Waals surface area contributed by atoms with E-state index in [2.05, 4.69) is 16.0 Å². The Morgan fingerprint density at radius 3 is 2.20 bits per heavy atom. The van der Waals surface area contributed by atoms with E-state index in [4.69, 9.17) is 0 Å². The summed E-state index contributed by atoms with van der Waals surface area (Å²) < 4.78 is 11.7. The smallest absolute Gasteiger partial charge is 0.342 e. The first-order chi connectivity index (χ1) is 14.1. The van der Waals surface area contributed by atoms with Gasteiger partial charge in [-0.1, -0.05) is 65.7 Å². The minimum Gasteiger partial charge on any atom is -0.354 e. The largest absolute Gasteiger partial charge is 0.354 e. The summed E-state index contributed by atoms with van der Waals surface area (Å²) in [5.41, 5.74) is 0. The van der Waals surface area contributed by atoms with Gasteiger partial charge >= 0.3 is 7.60 Å². The van der Waals surface area contributed by atoms with Crippen LogP contribution >= 0.6 is 7.60 Å². The number of carbonyl (C=O) groups excluding carboxylic acids is 2. The maximum absolute atomic E-state index is 13.0. The van der Waals surface area contributed by atoms with Gasteiger partial charge in [0.1, 0.15) is 11.8 Å². The highest BCUT2D eigenvalue weighted by Gasteiger charge is 2.33. The lowest BCUT2D eigenvalue weighted by Gasteiger charge is -2.28. The van der Waals surface area contributed by atoms with Gasteiger partial charge in [-0.3, -0.25) is 19.5 Å². The molecule has 1 aliphatic rings. The van der Waals surface area contributed by atoms with Crippen LogP contribution in [0.15, 0.2) is 0 Å². The fourth-order valence-electron chi connectivity index (χ4n) is 3.82. The molecule has 0 aromatic rings. The predicted molar refractivity (Wildman–Crippen MR) is 119 cm³/mol. The van der Waals surface area contributed by atoms with Crippen LogP contribution in [0.3, 0.4) is 0 Å². The van der Waals surface area contributed by atoms with E-state index < -0.39 is 25.5 Å². The van der Waals surface area contributed by atoms with Crippen molar-refractivity contribution in [3.8, 4) is 0 Å². The molecule has 30 heavy (non-hydrogen) atoms. The molecule has 0 aliphatic carbocycles. The second-order valence-electron chi connectivity index (χ2n) is 8.83. The monoisotopic (exact) mass is 447 g/mol. The maximum atomic E-state index is 13.0. The van der Waals surface area contributed by atoms with Gasteiger partial charge in [-0.05, 0) is 31.6 Å². The SMILES string of the molecule is CC[C@H](N[C@@H](CC(C)C)C(=O)N[C@H]1CCCCCCCCCCNC1=O)P(=O)(O)O. The molecule has 0 radical (unpaired) electrons. The lowest BCUT2D eigenvalue weighted by atomic mass is 10.0. The van der Waals surface area contributed by atoms with Gasteiger partial charge in [0.05, 0.1) is 6.04 Å². The highest BCUT2D eigenvalue weighted by atomic mass is 31.2. The Balaban J connectivity index is 2.84. The average Bonchev–Trinajstić information content (AvgIpc) is 2.67. The third-order valence-electron chi connectivity index (χ3n) is 5.56. The number of rotatable bonds is 8. The molecule has 0 unspecified atom stereocenters. The normalized spacial score (nSPS) is 22.2. The quantitative estimate of drug-likeness (QED) is 0.364. The lowest BCUT2D eigenvalue weighted by Crippen LogP contribution is -2.54. The predicted octanol–water partition coefficient (Wildman–Crippen LogP) is 3.03. The Kier molecular flexibility index (Phi) is 12.8. The van der Waals surface area contributed by atoms with Crippen molar-refractivity contribution in [3.05, 3.63) is 0 Å². The lowest BCUT2D eigenvalue weighted by molar-refractivity contribution is -0.130. The molecule has 5 N–H and O–H groups in total. The van der Waals surface area contributed by atoms with E-state index in [1.165, 1.54) is 19.3 Å². The molecule has 0 aromatic carbocycles. The van der Waals surface area contributed by atoms with Gasteiger partial charge in [0.25, 0.3) is 0 Å². The summed E-state index contributed by atoms with van der Waals surface area (Å²) in [7, 11) is -4.37. The first-order valence-corrected chi connectivity index (χ1v) is 13.2. The van der Waals surface area contributed by atoms with E-state index in [-0.39, 0.29) is 24.2 Å². The Bertz CT molecular complexity index is 567. The van der Waals surface area contributed by atoms with Crippen LogP contribution in [0.4, 0.5) is 0 Å². The molecule has 3 atom stereocenters. The third kappa shape index (κ3) is 10.9. The highest BCUT2D eigenvalue weighted by Crippen LogP contribution is 2.41. The molecular formula is C21H42N3O5P. The molecule has 1 fully saturated rings. The highest BCUT2D eigenvalue weighted by molar-refractivity contribution is 7.52. The zero-order chi connectivity index (χ0) is 22.6. The van der Waals surface area contributed by atoms with E-state index in [1.807, 2.05) is 13.8 Å². The minimum atomic E-state index is -4.37. The van der Waals surface area contributed by atoms with Crippen molar-refractivity contribution in [1.82, 2.24) is 16.0 Å². The summed E-state index contributed by atoms with van der Waals surface area (Å²) >= 11 is 0. The molecule has 9 heteroatoms. The zero-order valence-corrected chi connectivity index (χ0v) is 19.8. The van der Waals surface area contributed by atoms with Gasteiger partial charge in [-0.25, -0.2) is 0 Å². The molecule has 0 saturated carbocycles. The Labute approximate surface area is 181 Å². The van der Waals surface area contributed by atoms with E-state index >= 15 is 0 Å². The van der Waals surface area contributed by atoms with E-state index in [1.54, 1.807) is 6.92 Å². The fraction of sp³-hybridized carbons (Fsp3) is 0.905. The summed E-state index contributed by atoms with van der Waals surface area (Å²) in [6.07, 6.45) is 9.90. The standard InChI is InChI=1S/C21H42N3O5P/c1-4-19(30(27,28)29)23-18(15-16(2)3)21(26)24-17-13-11-9-7-5-6-8-10-12-14-22-20(17)25/h16-19,23H,4-15H2,1-3H3,(H,22,25)(H,24,26)(H2,27,28,29)/t17-,18-,19+/m0/s1. The van der Waals surface area contributed by atoms with Crippen molar-refractivity contribution in [2.45, 2.75) is 109 Å². The van der Waals surface area contributed by atoms with Gasteiger partial charge in [0, 0.05) is 6.54 Å². The third-order valence-corrected chi connectivity index (χ3v) is 6.89. The van der Waals surface area contributed by atoms with Crippen molar-refractivity contribution in [2.75, 3.05) is 6.54 Å². The maximum Gasteiger partial charge on any atom is 0.342 e. The van der Waals surface area contributed by atoms with E-state index in [0.717, 1.165) is 32.1 Å². The molecule has 1 saturated heterocycles. The van der Waals surface area contributed by atoms with Crippen molar-refractivity contribution in [1.29, 1.82) is 0 Å². The number of carbonyl (C=O) groups is 2. The molecule has 0 spiro atoms. The number of hydrogen-bond donors (Lipinski definition) is 5. The topological polar surface area (TPSA) is 128 Å². The van der Waals surface area contributed by atoms with Gasteiger partial charge in [-0.15, -0.1) is 0 Å². The fourth-order valence-corrected chi connectivity index (χ4v) is 4.67. The minimum absolute atomic E-state index is 0.149. The molecule has 1 rings (SSSR count). The summed E-state index contributed by atoms with van der Waals surface area (Å²) in [6.45, 7) is 6.18. The van der Waals surface area contributed by atoms with Crippen molar-refractivity contribution >= 4 is 19.4 Å². The van der Waals surface area contributed by atoms with Crippen molar-refractivity contribution in [3.63, 3.8) is 0 Å². The second kappa shape index (κ2) is 14.2. The summed E-state index contributed by atoms with van der Waals surface area (Å²) in [6, 6.07) is -1.38. The van der Waals surface area contributed by atoms with Crippen LogP contribution in [-0.2, 0) is 14.2 Å². The van der Waals surface area contributed by atoms with Crippen LogP contribution in [0, 0.1) is 5.92 Å². The van der Waals surface area contributed by atoms with Crippen LogP contribution in [0.1, 0.15) is 91.4 Å². The Hall–Kier alpha value is -0.950. The first-order valence-electron chi connectivity index (χ1n) is 11.5. The molecule has 1 heterocycles. The van der Waals surface area contributed by atoms with Gasteiger partial charge in [0.15, 0.2) is 0 Å². The molecule has 1 aliphatic heterocycles. The number of hydrogen-bond acceptors (Lipinski definition) is 4. The Morgan fingerprint density at radius 1 is 1.10 bits per heavy atom. The second-order valence-corrected chi connectivity index (χ2v) is 10.6. The number of amides is 2. The molecule has 8 nitrogen and oxygen atoms in total. The summed E-state index contributed by atoms with van der Waals surface area (Å²) in [4.78, 5) is 44.8.